The highest BCUT2D eigenvalue weighted by molar-refractivity contribution is 7.97. The number of benzene rings is 3. The Bertz CT molecular complexity index is 1210. The Kier molecular flexibility index (Phi) is 9.73. The molecule has 0 aliphatic heterocycles. The van der Waals surface area contributed by atoms with Crippen molar-refractivity contribution in [2.24, 2.45) is 0 Å². The van der Waals surface area contributed by atoms with E-state index < -0.39 is 15.6 Å². The molecule has 0 aliphatic carbocycles. The molecule has 202 valence electrons. The molecule has 0 unspecified atom stereocenters. The van der Waals surface area contributed by atoms with Crippen molar-refractivity contribution in [2.75, 3.05) is 0 Å². The number of halogens is 3. The van der Waals surface area contributed by atoms with E-state index in [-0.39, 0.29) is 22.1 Å². The summed E-state index contributed by atoms with van der Waals surface area (Å²) in [5.41, 5.74) is -6.25. The van der Waals surface area contributed by atoms with Gasteiger partial charge in [0.25, 0.3) is 0 Å². The molecule has 0 radical (unpaired) electrons. The summed E-state index contributed by atoms with van der Waals surface area (Å²) in [4.78, 5) is 3.78. The number of hydrogen-bond acceptors (Lipinski definition) is 5. The highest BCUT2D eigenvalue weighted by Crippen LogP contribution is 2.39. The predicted molar refractivity (Wildman–Crippen MR) is 138 cm³/mol. The molecule has 3 aromatic rings. The third kappa shape index (κ3) is 9.94. The van der Waals surface area contributed by atoms with E-state index in [1.54, 1.807) is 0 Å². The summed E-state index contributed by atoms with van der Waals surface area (Å²) in [6.45, 7) is 12.4. The van der Waals surface area contributed by atoms with E-state index in [2.05, 4.69) is 114 Å². The highest BCUT2D eigenvalue weighted by atomic mass is 32.2. The maximum Gasteiger partial charge on any atom is 0.485 e. The lowest BCUT2D eigenvalue weighted by atomic mass is 10.1. The van der Waals surface area contributed by atoms with E-state index in [0.29, 0.717) is 0 Å². The first-order valence-corrected chi connectivity index (χ1v) is 13.9. The molecule has 0 heterocycles. The molecule has 0 aromatic heterocycles. The second kappa shape index (κ2) is 11.8. The van der Waals surface area contributed by atoms with Crippen molar-refractivity contribution < 1.29 is 35.6 Å². The summed E-state index contributed by atoms with van der Waals surface area (Å²) in [7, 11) is -6.31. The van der Waals surface area contributed by atoms with Gasteiger partial charge in [0.15, 0.2) is 36.3 Å². The second-order valence-electron chi connectivity index (χ2n) is 9.87. The topological polar surface area (TPSA) is 75.7 Å². The standard InChI is InChI=1S/C26H31O2S.CHF3O3S/c1-25(2,3)27-23-18-17-22(19-24(23)28-26(4,5)6)29(20-13-9-7-10-14-20)21-15-11-8-12-16-21;2-1(3,4)8(5,6)7/h7-19H,1-6H3;(H,5,6,7)/q+1;/p-1. The lowest BCUT2D eigenvalue weighted by molar-refractivity contribution is -0.0517. The molecule has 0 N–H and O–H groups in total. The lowest BCUT2D eigenvalue weighted by Crippen LogP contribution is -2.26. The van der Waals surface area contributed by atoms with Crippen LogP contribution < -0.4 is 9.47 Å². The largest absolute Gasteiger partial charge is 0.741 e. The lowest BCUT2D eigenvalue weighted by Gasteiger charge is -2.27. The van der Waals surface area contributed by atoms with Gasteiger partial charge >= 0.3 is 5.51 Å². The molecule has 0 atom stereocenters. The zero-order valence-corrected chi connectivity index (χ0v) is 23.1. The van der Waals surface area contributed by atoms with Crippen LogP contribution in [0.15, 0.2) is 93.5 Å². The fourth-order valence-electron chi connectivity index (χ4n) is 2.96. The molecule has 0 saturated carbocycles. The number of ether oxygens (including phenoxy) is 2. The Labute approximate surface area is 219 Å². The molecular formula is C27H31F3O5S2. The van der Waals surface area contributed by atoms with Gasteiger partial charge in [0.2, 0.25) is 0 Å². The minimum absolute atomic E-state index is 0.220. The second-order valence-corrected chi connectivity index (χ2v) is 13.3. The van der Waals surface area contributed by atoms with E-state index in [0.717, 1.165) is 11.5 Å². The maximum absolute atomic E-state index is 10.7. The first kappa shape index (κ1) is 30.5. The number of alkyl halides is 3. The van der Waals surface area contributed by atoms with E-state index in [1.165, 1.54) is 14.7 Å². The first-order valence-electron chi connectivity index (χ1n) is 11.3. The molecule has 5 nitrogen and oxygen atoms in total. The van der Waals surface area contributed by atoms with Crippen LogP contribution in [-0.2, 0) is 21.0 Å². The van der Waals surface area contributed by atoms with Gasteiger partial charge in [-0.2, -0.15) is 13.2 Å². The van der Waals surface area contributed by atoms with Gasteiger partial charge in [-0.15, -0.1) is 0 Å². The van der Waals surface area contributed by atoms with E-state index in [4.69, 9.17) is 22.4 Å². The molecule has 10 heteroatoms. The Balaban J connectivity index is 0.000000521. The van der Waals surface area contributed by atoms with Gasteiger partial charge in [-0.25, -0.2) is 8.42 Å². The molecule has 3 rings (SSSR count). The summed E-state index contributed by atoms with van der Waals surface area (Å²) in [6.07, 6.45) is 0. The summed E-state index contributed by atoms with van der Waals surface area (Å²) in [5, 5.41) is 0. The fraction of sp³-hybridized carbons (Fsp3) is 0.333. The van der Waals surface area contributed by atoms with Crippen molar-refractivity contribution in [3.63, 3.8) is 0 Å². The summed E-state index contributed by atoms with van der Waals surface area (Å²) in [6, 6.07) is 27.7. The van der Waals surface area contributed by atoms with Crippen LogP contribution in [-0.4, -0.2) is 29.7 Å². The van der Waals surface area contributed by atoms with Crippen LogP contribution in [0.3, 0.4) is 0 Å². The van der Waals surface area contributed by atoms with Gasteiger partial charge in [-0.3, -0.25) is 0 Å². The molecule has 0 spiro atoms. The van der Waals surface area contributed by atoms with Crippen LogP contribution in [0.1, 0.15) is 41.5 Å². The summed E-state index contributed by atoms with van der Waals surface area (Å²) >= 11 is 0. The Hall–Kier alpha value is -2.69. The minimum Gasteiger partial charge on any atom is -0.741 e. The number of rotatable bonds is 5. The SMILES string of the molecule is CC(C)(C)Oc1ccc([S+](c2ccccc2)c2ccccc2)cc1OC(C)(C)C.O=S(=O)([O-])C(F)(F)F. The van der Waals surface area contributed by atoms with Crippen molar-refractivity contribution >= 4 is 21.0 Å². The van der Waals surface area contributed by atoms with Gasteiger partial charge < -0.3 is 14.0 Å². The van der Waals surface area contributed by atoms with Crippen molar-refractivity contribution in [1.29, 1.82) is 0 Å². The Morgan fingerprint density at radius 2 is 1.03 bits per heavy atom. The van der Waals surface area contributed by atoms with Crippen molar-refractivity contribution in [1.82, 2.24) is 0 Å². The Morgan fingerprint density at radius 3 is 1.38 bits per heavy atom. The fourth-order valence-corrected chi connectivity index (χ4v) is 5.06. The molecule has 0 fully saturated rings. The van der Waals surface area contributed by atoms with Crippen LogP contribution in [0.25, 0.3) is 0 Å². The Morgan fingerprint density at radius 1 is 0.649 bits per heavy atom. The molecule has 0 amide bonds. The molecule has 37 heavy (non-hydrogen) atoms. The normalized spacial score (nSPS) is 12.5. The molecule has 0 saturated heterocycles. The number of hydrogen-bond donors (Lipinski definition) is 0. The monoisotopic (exact) mass is 556 g/mol. The summed E-state index contributed by atoms with van der Waals surface area (Å²) < 4.78 is 71.4. The van der Waals surface area contributed by atoms with E-state index in [9.17, 15) is 13.2 Å². The van der Waals surface area contributed by atoms with Crippen molar-refractivity contribution in [3.8, 4) is 11.5 Å². The molecule has 0 bridgehead atoms. The average Bonchev–Trinajstić information content (AvgIpc) is 2.74. The minimum atomic E-state index is -6.09. The predicted octanol–water partition coefficient (Wildman–Crippen LogP) is 7.19. The van der Waals surface area contributed by atoms with Gasteiger partial charge in [-0.05, 0) is 77.9 Å². The average molecular weight is 557 g/mol. The van der Waals surface area contributed by atoms with Crippen LogP contribution >= 0.6 is 0 Å². The maximum atomic E-state index is 10.7. The zero-order chi connectivity index (χ0) is 28.1. The molecule has 0 aliphatic rings. The third-order valence-corrected chi connectivity index (χ3v) is 7.00. The van der Waals surface area contributed by atoms with Crippen LogP contribution in [0, 0.1) is 0 Å². The highest BCUT2D eigenvalue weighted by Gasteiger charge is 2.37. The van der Waals surface area contributed by atoms with Gasteiger partial charge in [-0.1, -0.05) is 36.4 Å². The first-order chi connectivity index (χ1) is 16.9. The van der Waals surface area contributed by atoms with Gasteiger partial charge in [0.1, 0.15) is 11.2 Å². The van der Waals surface area contributed by atoms with Crippen LogP contribution in [0.5, 0.6) is 11.5 Å². The van der Waals surface area contributed by atoms with Crippen molar-refractivity contribution in [2.45, 2.75) is 72.9 Å². The smallest absolute Gasteiger partial charge is 0.485 e. The molecule has 3 aromatic carbocycles. The van der Waals surface area contributed by atoms with Gasteiger partial charge in [0, 0.05) is 6.07 Å². The zero-order valence-electron chi connectivity index (χ0n) is 21.5. The quantitative estimate of drug-likeness (QED) is 0.189. The molecular weight excluding hydrogens is 525 g/mol. The third-order valence-electron chi connectivity index (χ3n) is 4.22. The van der Waals surface area contributed by atoms with Crippen molar-refractivity contribution in [3.05, 3.63) is 78.9 Å². The van der Waals surface area contributed by atoms with E-state index >= 15 is 0 Å². The van der Waals surface area contributed by atoms with Crippen LogP contribution in [0.4, 0.5) is 13.2 Å². The summed E-state index contributed by atoms with van der Waals surface area (Å²) in [5.74, 6) is 1.56. The van der Waals surface area contributed by atoms with E-state index in [1.807, 2.05) is 6.07 Å². The van der Waals surface area contributed by atoms with Gasteiger partial charge in [0.05, 0.1) is 10.9 Å². The van der Waals surface area contributed by atoms with Crippen LogP contribution in [0.2, 0.25) is 0 Å².